The van der Waals surface area contributed by atoms with Crippen LogP contribution in [0.1, 0.15) is 39.2 Å². The first-order chi connectivity index (χ1) is 14.3. The molecular formula is C21H31N5O4. The third-order valence-electron chi connectivity index (χ3n) is 7.61. The monoisotopic (exact) mass is 417 g/mol. The molecule has 5 rings (SSSR count). The minimum Gasteiger partial charge on any atom is -0.411 e. The largest absolute Gasteiger partial charge is 0.411 e. The molecule has 1 aromatic rings. The molecule has 1 saturated heterocycles. The van der Waals surface area contributed by atoms with E-state index < -0.39 is 5.56 Å². The number of anilines is 1. The van der Waals surface area contributed by atoms with E-state index in [0.717, 1.165) is 17.3 Å². The number of ether oxygens (including phenoxy) is 1. The fraction of sp³-hybridized carbons (Fsp3) is 0.714. The SMILES string of the molecule is C[C@H]1C(Nc2cnn(CC(=O)N3CCOCC3)c(=O)c2/C=N/O)C[C@@H]2CC1C2(C)C. The van der Waals surface area contributed by atoms with Gasteiger partial charge in [-0.2, -0.15) is 5.10 Å². The molecule has 2 unspecified atom stereocenters. The molecule has 1 aliphatic heterocycles. The maximum Gasteiger partial charge on any atom is 0.278 e. The Kier molecular flexibility index (Phi) is 5.57. The van der Waals surface area contributed by atoms with Gasteiger partial charge in [-0.25, -0.2) is 4.68 Å². The Hall–Kier alpha value is -2.42. The molecule has 1 amide bonds. The lowest BCUT2D eigenvalue weighted by atomic mass is 9.45. The molecule has 1 aromatic heterocycles. The molecule has 2 heterocycles. The van der Waals surface area contributed by atoms with E-state index in [9.17, 15) is 9.59 Å². The molecule has 4 atom stereocenters. The van der Waals surface area contributed by atoms with Crippen molar-refractivity contribution < 1.29 is 14.7 Å². The number of hydrogen-bond acceptors (Lipinski definition) is 7. The molecule has 4 fully saturated rings. The van der Waals surface area contributed by atoms with Crippen LogP contribution in [0.25, 0.3) is 0 Å². The molecule has 0 radical (unpaired) electrons. The number of fused-ring (bicyclic) bond motifs is 2. The summed E-state index contributed by atoms with van der Waals surface area (Å²) >= 11 is 0. The van der Waals surface area contributed by atoms with Crippen molar-refractivity contribution >= 4 is 17.8 Å². The van der Waals surface area contributed by atoms with Gasteiger partial charge in [-0.05, 0) is 36.0 Å². The van der Waals surface area contributed by atoms with Gasteiger partial charge >= 0.3 is 0 Å². The van der Waals surface area contributed by atoms with Gasteiger partial charge in [0.05, 0.1) is 36.9 Å². The van der Waals surface area contributed by atoms with Crippen LogP contribution in [0.2, 0.25) is 0 Å². The third-order valence-corrected chi connectivity index (χ3v) is 7.61. The molecule has 0 aromatic carbocycles. The van der Waals surface area contributed by atoms with Crippen LogP contribution >= 0.6 is 0 Å². The lowest BCUT2D eigenvalue weighted by Crippen LogP contribution is -2.58. The van der Waals surface area contributed by atoms with E-state index in [1.807, 2.05) is 0 Å². The van der Waals surface area contributed by atoms with Gasteiger partial charge in [0, 0.05) is 19.1 Å². The van der Waals surface area contributed by atoms with Crippen LogP contribution in [0, 0.1) is 23.2 Å². The first-order valence-corrected chi connectivity index (χ1v) is 10.7. The Morgan fingerprint density at radius 3 is 2.77 bits per heavy atom. The maximum absolute atomic E-state index is 13.0. The van der Waals surface area contributed by atoms with Gasteiger partial charge in [-0.3, -0.25) is 9.59 Å². The van der Waals surface area contributed by atoms with Crippen molar-refractivity contribution in [2.45, 2.75) is 46.2 Å². The van der Waals surface area contributed by atoms with E-state index >= 15 is 0 Å². The topological polar surface area (TPSA) is 109 Å². The number of aromatic nitrogens is 2. The Bertz CT molecular complexity index is 890. The number of carbonyl (C=O) groups excluding carboxylic acids is 1. The highest BCUT2D eigenvalue weighted by Gasteiger charge is 2.56. The summed E-state index contributed by atoms with van der Waals surface area (Å²) in [5, 5.41) is 19.9. The summed E-state index contributed by atoms with van der Waals surface area (Å²) in [7, 11) is 0. The highest BCUT2D eigenvalue weighted by molar-refractivity contribution is 5.86. The van der Waals surface area contributed by atoms with Gasteiger partial charge in [-0.15, -0.1) is 0 Å². The average molecular weight is 418 g/mol. The number of carbonyl (C=O) groups is 1. The van der Waals surface area contributed by atoms with Crippen LogP contribution in [0.4, 0.5) is 5.69 Å². The summed E-state index contributed by atoms with van der Waals surface area (Å²) in [4.78, 5) is 27.1. The van der Waals surface area contributed by atoms with Crippen molar-refractivity contribution in [3.05, 3.63) is 22.1 Å². The van der Waals surface area contributed by atoms with Crippen molar-refractivity contribution in [3.63, 3.8) is 0 Å². The van der Waals surface area contributed by atoms with Gasteiger partial charge in [-0.1, -0.05) is 25.9 Å². The summed E-state index contributed by atoms with van der Waals surface area (Å²) in [6.45, 7) is 8.81. The number of hydrogen-bond donors (Lipinski definition) is 2. The molecule has 0 spiro atoms. The summed E-state index contributed by atoms with van der Waals surface area (Å²) < 4.78 is 6.39. The van der Waals surface area contributed by atoms with Gasteiger partial charge in [0.1, 0.15) is 6.54 Å². The fourth-order valence-electron chi connectivity index (χ4n) is 5.49. The number of oxime groups is 1. The first kappa shape index (κ1) is 20.8. The second kappa shape index (κ2) is 8.02. The number of amides is 1. The third kappa shape index (κ3) is 3.59. The zero-order valence-corrected chi connectivity index (χ0v) is 17.9. The van der Waals surface area contributed by atoms with E-state index in [1.165, 1.54) is 6.42 Å². The van der Waals surface area contributed by atoms with Crippen LogP contribution in [0.15, 0.2) is 16.1 Å². The van der Waals surface area contributed by atoms with Crippen LogP contribution in [0.5, 0.6) is 0 Å². The summed E-state index contributed by atoms with van der Waals surface area (Å²) in [5.41, 5.74) is 0.680. The molecule has 9 nitrogen and oxygen atoms in total. The highest BCUT2D eigenvalue weighted by Crippen LogP contribution is 2.61. The van der Waals surface area contributed by atoms with E-state index in [0.29, 0.717) is 55.2 Å². The lowest BCUT2D eigenvalue weighted by Gasteiger charge is -2.62. The van der Waals surface area contributed by atoms with Gasteiger partial charge in [0.2, 0.25) is 5.91 Å². The molecule has 2 N–H and O–H groups in total. The van der Waals surface area contributed by atoms with E-state index in [4.69, 9.17) is 9.94 Å². The lowest BCUT2D eigenvalue weighted by molar-refractivity contribution is -0.136. The summed E-state index contributed by atoms with van der Waals surface area (Å²) in [6, 6.07) is 0.236. The minimum absolute atomic E-state index is 0.149. The van der Waals surface area contributed by atoms with Gasteiger partial charge in [0.15, 0.2) is 0 Å². The van der Waals surface area contributed by atoms with Gasteiger partial charge in [0.25, 0.3) is 5.56 Å². The smallest absolute Gasteiger partial charge is 0.278 e. The number of nitrogens with zero attached hydrogens (tertiary/aromatic N) is 4. The highest BCUT2D eigenvalue weighted by atomic mass is 16.5. The standard InChI is InChI=1S/C21H31N5O4/c1-13-16-8-14(21(16,2)3)9-17(13)24-18-11-22-26(20(28)15(18)10-23-29)12-19(27)25-4-6-30-7-5-25/h10-11,13-14,16-17,24,29H,4-9,12H2,1-3H3/b23-10+/t13-,14+,16?,17?/m1/s1. The second-order valence-electron chi connectivity index (χ2n) is 9.38. The van der Waals surface area contributed by atoms with Crippen LogP contribution in [-0.2, 0) is 16.1 Å². The quantitative estimate of drug-likeness (QED) is 0.426. The van der Waals surface area contributed by atoms with E-state index in [2.05, 4.69) is 36.3 Å². The van der Waals surface area contributed by atoms with Crippen molar-refractivity contribution in [2.75, 3.05) is 31.6 Å². The maximum atomic E-state index is 13.0. The predicted octanol–water partition coefficient (Wildman–Crippen LogP) is 1.39. The van der Waals surface area contributed by atoms with Gasteiger partial charge < -0.3 is 20.2 Å². The molecule has 4 aliphatic rings. The first-order valence-electron chi connectivity index (χ1n) is 10.7. The molecule has 3 saturated carbocycles. The van der Waals surface area contributed by atoms with Crippen molar-refractivity contribution in [1.29, 1.82) is 0 Å². The predicted molar refractivity (Wildman–Crippen MR) is 112 cm³/mol. The Morgan fingerprint density at radius 2 is 2.13 bits per heavy atom. The molecule has 3 aliphatic carbocycles. The Morgan fingerprint density at radius 1 is 1.40 bits per heavy atom. The number of nitrogens with one attached hydrogen (secondary N) is 1. The molecule has 9 heteroatoms. The Labute approximate surface area is 176 Å². The van der Waals surface area contributed by atoms with Crippen molar-refractivity contribution in [2.24, 2.45) is 28.3 Å². The summed E-state index contributed by atoms with van der Waals surface area (Å²) in [5.74, 6) is 1.62. The number of morpholine rings is 1. The van der Waals surface area contributed by atoms with Crippen LogP contribution in [-0.4, -0.2) is 64.4 Å². The second-order valence-corrected chi connectivity index (χ2v) is 9.38. The van der Waals surface area contributed by atoms with Crippen molar-refractivity contribution in [3.8, 4) is 0 Å². The molecular weight excluding hydrogens is 386 g/mol. The van der Waals surface area contributed by atoms with E-state index in [-0.39, 0.29) is 24.1 Å². The minimum atomic E-state index is -0.451. The zero-order valence-electron chi connectivity index (χ0n) is 17.9. The van der Waals surface area contributed by atoms with Crippen LogP contribution < -0.4 is 10.9 Å². The average Bonchev–Trinajstić information content (AvgIpc) is 2.74. The van der Waals surface area contributed by atoms with E-state index in [1.54, 1.807) is 11.1 Å². The van der Waals surface area contributed by atoms with Crippen molar-refractivity contribution in [1.82, 2.24) is 14.7 Å². The molecule has 164 valence electrons. The summed E-state index contributed by atoms with van der Waals surface area (Å²) in [6.07, 6.45) is 4.99. The number of rotatable bonds is 5. The fourth-order valence-corrected chi connectivity index (χ4v) is 5.49. The Balaban J connectivity index is 1.52. The zero-order chi connectivity index (χ0) is 21.5. The molecule has 2 bridgehead atoms. The normalized spacial score (nSPS) is 30.2. The molecule has 30 heavy (non-hydrogen) atoms. The van der Waals surface area contributed by atoms with Crippen LogP contribution in [0.3, 0.4) is 0 Å².